The molecule has 0 saturated carbocycles. The van der Waals surface area contributed by atoms with Gasteiger partial charge in [-0.25, -0.2) is 9.18 Å². The number of carboxylic acids is 1. The predicted molar refractivity (Wildman–Crippen MR) is 50.4 cm³/mol. The van der Waals surface area contributed by atoms with Gasteiger partial charge in [-0.2, -0.15) is 0 Å². The molecule has 1 heterocycles. The maximum Gasteiger partial charge on any atom is 0.337 e. The number of carbonyl (C=O) groups is 1. The monoisotopic (exact) mass is 212 g/mol. The van der Waals surface area contributed by atoms with E-state index in [0.717, 1.165) is 6.07 Å². The summed E-state index contributed by atoms with van der Waals surface area (Å²) in [5, 5.41) is 8.79. The fraction of sp³-hybridized carbons (Fsp3) is 0. The molecule has 0 aliphatic carbocycles. The molecule has 4 nitrogen and oxygen atoms in total. The van der Waals surface area contributed by atoms with Crippen molar-refractivity contribution in [3.63, 3.8) is 0 Å². The lowest BCUT2D eigenvalue weighted by Gasteiger charge is -1.96. The van der Waals surface area contributed by atoms with Gasteiger partial charge in [0.1, 0.15) is 11.3 Å². The van der Waals surface area contributed by atoms with Gasteiger partial charge in [-0.05, 0) is 24.4 Å². The number of benzene rings is 1. The number of aromatic nitrogens is 2. The van der Waals surface area contributed by atoms with E-state index in [9.17, 15) is 9.18 Å². The molecule has 0 fully saturated rings. The third-order valence-corrected chi connectivity index (χ3v) is 2.07. The molecule has 0 unspecified atom stereocenters. The van der Waals surface area contributed by atoms with Crippen molar-refractivity contribution >= 4 is 29.2 Å². The number of rotatable bonds is 1. The Morgan fingerprint density at radius 1 is 1.36 bits per heavy atom. The molecule has 3 N–H and O–H groups in total. The average Bonchev–Trinajstić information content (AvgIpc) is 2.47. The van der Waals surface area contributed by atoms with Crippen LogP contribution in [0.2, 0.25) is 0 Å². The summed E-state index contributed by atoms with van der Waals surface area (Å²) in [6, 6.07) is 2.28. The van der Waals surface area contributed by atoms with Crippen molar-refractivity contribution in [1.82, 2.24) is 9.97 Å². The van der Waals surface area contributed by atoms with Gasteiger partial charge < -0.3 is 15.1 Å². The van der Waals surface area contributed by atoms with Crippen LogP contribution in [-0.2, 0) is 0 Å². The smallest absolute Gasteiger partial charge is 0.337 e. The first-order chi connectivity index (χ1) is 6.59. The highest BCUT2D eigenvalue weighted by atomic mass is 32.1. The number of fused-ring (bicyclic) bond motifs is 1. The molecular formula is C8H5FN2O2S. The largest absolute Gasteiger partial charge is 0.478 e. The lowest BCUT2D eigenvalue weighted by atomic mass is 10.2. The number of aromatic amines is 2. The molecular weight excluding hydrogens is 207 g/mol. The summed E-state index contributed by atoms with van der Waals surface area (Å²) in [7, 11) is 0. The number of hydrogen-bond acceptors (Lipinski definition) is 2. The Morgan fingerprint density at radius 2 is 2.00 bits per heavy atom. The Hall–Kier alpha value is -1.69. The summed E-state index contributed by atoms with van der Waals surface area (Å²) in [5.74, 6) is -1.66. The number of carboxylic acid groups (broad SMARTS) is 1. The fourth-order valence-electron chi connectivity index (χ4n) is 1.27. The van der Waals surface area contributed by atoms with E-state index in [0.29, 0.717) is 0 Å². The van der Waals surface area contributed by atoms with Gasteiger partial charge in [0.2, 0.25) is 0 Å². The standard InChI is InChI=1S/C8H5FN2O2S/c9-4-2-1-3(7(12)13)5-6(4)11-8(14)10-5/h1-2H,(H,12,13)(H2,10,11,14). The molecule has 0 aliphatic heterocycles. The molecule has 1 aromatic carbocycles. The first-order valence-corrected chi connectivity index (χ1v) is 4.14. The van der Waals surface area contributed by atoms with Crippen molar-refractivity contribution in [3.05, 3.63) is 28.3 Å². The molecule has 72 valence electrons. The van der Waals surface area contributed by atoms with Crippen LogP contribution < -0.4 is 0 Å². The normalized spacial score (nSPS) is 10.6. The fourth-order valence-corrected chi connectivity index (χ4v) is 1.47. The Morgan fingerprint density at radius 3 is 2.64 bits per heavy atom. The van der Waals surface area contributed by atoms with E-state index in [4.69, 9.17) is 17.3 Å². The molecule has 1 aromatic heterocycles. The molecule has 0 spiro atoms. The first kappa shape index (κ1) is 8.89. The summed E-state index contributed by atoms with van der Waals surface area (Å²) >= 11 is 4.75. The SMILES string of the molecule is O=C(O)c1ccc(F)c2[nH]c(=S)[nH]c12. The van der Waals surface area contributed by atoms with Crippen molar-refractivity contribution in [3.8, 4) is 0 Å². The van der Waals surface area contributed by atoms with Crippen LogP contribution in [0.5, 0.6) is 0 Å². The third-order valence-electron chi connectivity index (χ3n) is 1.86. The second-order valence-electron chi connectivity index (χ2n) is 2.73. The zero-order chi connectivity index (χ0) is 10.3. The van der Waals surface area contributed by atoms with Crippen molar-refractivity contribution in [2.45, 2.75) is 0 Å². The number of halogens is 1. The van der Waals surface area contributed by atoms with Crippen molar-refractivity contribution in [1.29, 1.82) is 0 Å². The zero-order valence-electron chi connectivity index (χ0n) is 6.80. The zero-order valence-corrected chi connectivity index (χ0v) is 7.61. The van der Waals surface area contributed by atoms with Crippen molar-refractivity contribution in [2.24, 2.45) is 0 Å². The Balaban J connectivity index is 2.94. The van der Waals surface area contributed by atoms with Gasteiger partial charge in [-0.3, -0.25) is 0 Å². The quantitative estimate of drug-likeness (QED) is 0.634. The van der Waals surface area contributed by atoms with Gasteiger partial charge in [0, 0.05) is 0 Å². The molecule has 0 bridgehead atoms. The second-order valence-corrected chi connectivity index (χ2v) is 3.14. The minimum absolute atomic E-state index is 0.00579. The number of nitrogens with one attached hydrogen (secondary N) is 2. The Labute approximate surface area is 82.4 Å². The van der Waals surface area contributed by atoms with Gasteiger partial charge >= 0.3 is 5.97 Å². The van der Waals surface area contributed by atoms with Crippen LogP contribution in [0.25, 0.3) is 11.0 Å². The minimum Gasteiger partial charge on any atom is -0.478 e. The Kier molecular flexibility index (Phi) is 1.85. The topological polar surface area (TPSA) is 68.9 Å². The molecule has 14 heavy (non-hydrogen) atoms. The van der Waals surface area contributed by atoms with Crippen LogP contribution in [0.1, 0.15) is 10.4 Å². The van der Waals surface area contributed by atoms with Crippen molar-refractivity contribution in [2.75, 3.05) is 0 Å². The Bertz CT molecular complexity index is 572. The molecule has 0 atom stereocenters. The van der Waals surface area contributed by atoms with Crippen molar-refractivity contribution < 1.29 is 14.3 Å². The molecule has 0 saturated heterocycles. The molecule has 6 heteroatoms. The van der Waals surface area contributed by atoms with Crippen LogP contribution in [0.4, 0.5) is 4.39 Å². The maximum atomic E-state index is 13.2. The van der Waals surface area contributed by atoms with Gasteiger partial charge in [0.25, 0.3) is 0 Å². The molecule has 2 rings (SSSR count). The highest BCUT2D eigenvalue weighted by Crippen LogP contribution is 2.18. The van der Waals surface area contributed by atoms with Crippen LogP contribution in [0.3, 0.4) is 0 Å². The first-order valence-electron chi connectivity index (χ1n) is 3.73. The highest BCUT2D eigenvalue weighted by Gasteiger charge is 2.12. The van der Waals surface area contributed by atoms with Crippen LogP contribution in [0, 0.1) is 10.6 Å². The lowest BCUT2D eigenvalue weighted by molar-refractivity contribution is 0.0699. The van der Waals surface area contributed by atoms with E-state index in [1.165, 1.54) is 6.07 Å². The summed E-state index contributed by atoms with van der Waals surface area (Å²) in [5.41, 5.74) is 0.270. The van der Waals surface area contributed by atoms with Crippen LogP contribution in [-0.4, -0.2) is 21.0 Å². The number of hydrogen-bond donors (Lipinski definition) is 3. The summed E-state index contributed by atoms with van der Waals surface area (Å²) in [4.78, 5) is 15.9. The number of aromatic carboxylic acids is 1. The van der Waals surface area contributed by atoms with E-state index in [1.807, 2.05) is 0 Å². The van der Waals surface area contributed by atoms with E-state index < -0.39 is 11.8 Å². The van der Waals surface area contributed by atoms with Gasteiger partial charge in [0.05, 0.1) is 11.1 Å². The van der Waals surface area contributed by atoms with E-state index in [2.05, 4.69) is 9.97 Å². The molecule has 0 amide bonds. The maximum absolute atomic E-state index is 13.2. The van der Waals surface area contributed by atoms with E-state index in [1.54, 1.807) is 0 Å². The predicted octanol–water partition coefficient (Wildman–Crippen LogP) is 2.06. The minimum atomic E-state index is -1.12. The average molecular weight is 212 g/mol. The van der Waals surface area contributed by atoms with E-state index in [-0.39, 0.29) is 21.4 Å². The number of imidazole rings is 1. The van der Waals surface area contributed by atoms with Crippen LogP contribution >= 0.6 is 12.2 Å². The number of H-pyrrole nitrogens is 2. The molecule has 0 radical (unpaired) electrons. The summed E-state index contributed by atoms with van der Waals surface area (Å²) in [6.45, 7) is 0. The van der Waals surface area contributed by atoms with Crippen LogP contribution in [0.15, 0.2) is 12.1 Å². The lowest BCUT2D eigenvalue weighted by Crippen LogP contribution is -1.98. The van der Waals surface area contributed by atoms with Gasteiger partial charge in [-0.15, -0.1) is 0 Å². The second kappa shape index (κ2) is 2.91. The van der Waals surface area contributed by atoms with E-state index >= 15 is 0 Å². The van der Waals surface area contributed by atoms with Gasteiger partial charge in [0.15, 0.2) is 4.77 Å². The molecule has 2 aromatic rings. The highest BCUT2D eigenvalue weighted by molar-refractivity contribution is 7.71. The summed E-state index contributed by atoms with van der Waals surface area (Å²) in [6.07, 6.45) is 0. The third kappa shape index (κ3) is 1.20. The molecule has 0 aliphatic rings. The van der Waals surface area contributed by atoms with Gasteiger partial charge in [-0.1, -0.05) is 0 Å². The summed E-state index contributed by atoms with van der Waals surface area (Å²) < 4.78 is 13.4.